The number of aliphatic carboxylic acids is 1. The molecular formula is C12H11NO4S. The molecule has 0 spiro atoms. The fourth-order valence-electron chi connectivity index (χ4n) is 2.16. The Hall–Kier alpha value is -1.69. The zero-order chi connectivity index (χ0) is 12.7. The van der Waals surface area contributed by atoms with E-state index >= 15 is 0 Å². The van der Waals surface area contributed by atoms with E-state index in [1.165, 1.54) is 22.1 Å². The standard InChI is InChI=1S/C12H11NO4S/c14-10-8(5-7-3-1-2-4-17-7)11-13(10)9(6-18-11)12(15)16/h2,4-7,11H,1,3H2,(H,15,16)/b8-5-. The molecule has 0 aliphatic carbocycles. The summed E-state index contributed by atoms with van der Waals surface area (Å²) in [6.45, 7) is 0. The molecule has 94 valence electrons. The maximum Gasteiger partial charge on any atom is 0.353 e. The van der Waals surface area contributed by atoms with Gasteiger partial charge in [-0.05, 0) is 25.0 Å². The van der Waals surface area contributed by atoms with Gasteiger partial charge in [0.2, 0.25) is 0 Å². The first-order valence-corrected chi connectivity index (χ1v) is 6.57. The second-order valence-corrected chi connectivity index (χ2v) is 5.17. The molecule has 0 bridgehead atoms. The van der Waals surface area contributed by atoms with E-state index < -0.39 is 5.97 Å². The number of carbonyl (C=O) groups excluding carboxylic acids is 1. The second kappa shape index (κ2) is 4.20. The topological polar surface area (TPSA) is 66.8 Å². The number of allylic oxidation sites excluding steroid dienone is 1. The highest BCUT2D eigenvalue weighted by Crippen LogP contribution is 2.44. The number of rotatable bonds is 2. The van der Waals surface area contributed by atoms with Crippen LogP contribution >= 0.6 is 11.8 Å². The van der Waals surface area contributed by atoms with Gasteiger partial charge in [0.15, 0.2) is 0 Å². The van der Waals surface area contributed by atoms with Crippen molar-refractivity contribution < 1.29 is 19.4 Å². The minimum atomic E-state index is -1.06. The highest BCUT2D eigenvalue weighted by Gasteiger charge is 2.49. The molecule has 2 unspecified atom stereocenters. The number of amides is 1. The Balaban J connectivity index is 1.75. The first-order valence-electron chi connectivity index (χ1n) is 5.63. The van der Waals surface area contributed by atoms with Crippen molar-refractivity contribution in [2.24, 2.45) is 0 Å². The summed E-state index contributed by atoms with van der Waals surface area (Å²) in [6.07, 6.45) is 7.11. The molecule has 1 saturated heterocycles. The largest absolute Gasteiger partial charge is 0.494 e. The SMILES string of the molecule is O=C(O)C1=CSC2/C(=C\C3CCC=CO3)C(=O)N12. The molecule has 3 aliphatic rings. The molecule has 6 heteroatoms. The summed E-state index contributed by atoms with van der Waals surface area (Å²) in [4.78, 5) is 24.1. The molecule has 0 radical (unpaired) electrons. The second-order valence-electron chi connectivity index (χ2n) is 4.22. The van der Waals surface area contributed by atoms with Gasteiger partial charge in [-0.15, -0.1) is 11.8 Å². The molecule has 0 saturated carbocycles. The van der Waals surface area contributed by atoms with E-state index in [1.54, 1.807) is 6.26 Å². The average Bonchev–Trinajstić information content (AvgIpc) is 2.77. The zero-order valence-electron chi connectivity index (χ0n) is 9.41. The third-order valence-electron chi connectivity index (χ3n) is 3.09. The van der Waals surface area contributed by atoms with Crippen LogP contribution in [-0.2, 0) is 14.3 Å². The number of carbonyl (C=O) groups is 2. The Morgan fingerprint density at radius 1 is 1.61 bits per heavy atom. The molecule has 3 heterocycles. The molecular weight excluding hydrogens is 254 g/mol. The van der Waals surface area contributed by atoms with Crippen molar-refractivity contribution >= 4 is 23.6 Å². The van der Waals surface area contributed by atoms with Crippen LogP contribution in [0.4, 0.5) is 0 Å². The average molecular weight is 265 g/mol. The molecule has 0 aromatic rings. The fourth-order valence-corrected chi connectivity index (χ4v) is 3.29. The molecule has 1 N–H and O–H groups in total. The number of β-lactam (4-membered cyclic amide) rings is 1. The van der Waals surface area contributed by atoms with Gasteiger partial charge in [-0.1, -0.05) is 0 Å². The Bertz CT molecular complexity index is 508. The highest BCUT2D eigenvalue weighted by molar-refractivity contribution is 8.03. The number of hydrogen-bond acceptors (Lipinski definition) is 4. The van der Waals surface area contributed by atoms with Crippen molar-refractivity contribution in [3.8, 4) is 0 Å². The van der Waals surface area contributed by atoms with Gasteiger partial charge in [0.1, 0.15) is 17.2 Å². The van der Waals surface area contributed by atoms with Crippen LogP contribution in [0.2, 0.25) is 0 Å². The lowest BCUT2D eigenvalue weighted by atomic mass is 10.0. The number of nitrogens with zero attached hydrogens (tertiary/aromatic N) is 1. The van der Waals surface area contributed by atoms with E-state index in [1.807, 2.05) is 12.2 Å². The van der Waals surface area contributed by atoms with Crippen LogP contribution in [0, 0.1) is 0 Å². The van der Waals surface area contributed by atoms with E-state index in [4.69, 9.17) is 9.84 Å². The minimum absolute atomic E-state index is 0.0663. The van der Waals surface area contributed by atoms with Gasteiger partial charge in [0.05, 0.1) is 11.8 Å². The number of thioether (sulfide) groups is 1. The maximum absolute atomic E-state index is 11.9. The third kappa shape index (κ3) is 1.64. The van der Waals surface area contributed by atoms with Crippen LogP contribution in [0.5, 0.6) is 0 Å². The summed E-state index contributed by atoms with van der Waals surface area (Å²) < 4.78 is 5.39. The Labute approximate surface area is 108 Å². The monoisotopic (exact) mass is 265 g/mol. The molecule has 3 rings (SSSR count). The minimum Gasteiger partial charge on any atom is -0.494 e. The van der Waals surface area contributed by atoms with Crippen molar-refractivity contribution in [1.29, 1.82) is 0 Å². The van der Waals surface area contributed by atoms with Crippen LogP contribution in [0.15, 0.2) is 35.1 Å². The summed E-state index contributed by atoms with van der Waals surface area (Å²) in [5.41, 5.74) is 0.712. The van der Waals surface area contributed by atoms with E-state index in [0.29, 0.717) is 5.57 Å². The normalized spacial score (nSPS) is 31.8. The van der Waals surface area contributed by atoms with E-state index in [2.05, 4.69) is 0 Å². The fraction of sp³-hybridized carbons (Fsp3) is 0.333. The molecule has 2 atom stereocenters. The maximum atomic E-state index is 11.9. The number of hydrogen-bond donors (Lipinski definition) is 1. The molecule has 0 aromatic heterocycles. The predicted molar refractivity (Wildman–Crippen MR) is 65.3 cm³/mol. The number of fused-ring (bicyclic) bond motifs is 1. The lowest BCUT2D eigenvalue weighted by Gasteiger charge is -2.37. The van der Waals surface area contributed by atoms with Crippen molar-refractivity contribution in [2.75, 3.05) is 0 Å². The number of carboxylic acids is 1. The van der Waals surface area contributed by atoms with Gasteiger partial charge in [-0.2, -0.15) is 0 Å². The third-order valence-corrected chi connectivity index (χ3v) is 4.17. The first kappa shape index (κ1) is 11.4. The molecule has 3 aliphatic heterocycles. The van der Waals surface area contributed by atoms with E-state index in [9.17, 15) is 9.59 Å². The Morgan fingerprint density at radius 3 is 3.11 bits per heavy atom. The summed E-state index contributed by atoms with van der Waals surface area (Å²) >= 11 is 1.35. The molecule has 1 fully saturated rings. The van der Waals surface area contributed by atoms with Crippen molar-refractivity contribution in [3.63, 3.8) is 0 Å². The zero-order valence-corrected chi connectivity index (χ0v) is 10.2. The van der Waals surface area contributed by atoms with Gasteiger partial charge in [0.25, 0.3) is 5.91 Å². The summed E-state index contributed by atoms with van der Waals surface area (Å²) in [6, 6.07) is 0. The van der Waals surface area contributed by atoms with Gasteiger partial charge in [-0.3, -0.25) is 9.69 Å². The molecule has 5 nitrogen and oxygen atoms in total. The lowest BCUT2D eigenvalue weighted by Crippen LogP contribution is -2.51. The van der Waals surface area contributed by atoms with Crippen molar-refractivity contribution in [1.82, 2.24) is 4.90 Å². The smallest absolute Gasteiger partial charge is 0.353 e. The summed E-state index contributed by atoms with van der Waals surface area (Å²) in [5, 5.41) is 10.3. The Morgan fingerprint density at radius 2 is 2.44 bits per heavy atom. The van der Waals surface area contributed by atoms with E-state index in [0.717, 1.165) is 12.8 Å². The first-order chi connectivity index (χ1) is 8.68. The van der Waals surface area contributed by atoms with Crippen molar-refractivity contribution in [2.45, 2.75) is 24.3 Å². The van der Waals surface area contributed by atoms with E-state index in [-0.39, 0.29) is 23.1 Å². The van der Waals surface area contributed by atoms with Gasteiger partial charge in [-0.25, -0.2) is 4.79 Å². The number of ether oxygens (including phenoxy) is 1. The van der Waals surface area contributed by atoms with Crippen LogP contribution in [0.25, 0.3) is 0 Å². The molecule has 0 aromatic carbocycles. The van der Waals surface area contributed by atoms with Crippen molar-refractivity contribution in [3.05, 3.63) is 35.1 Å². The number of carboxylic acid groups (broad SMARTS) is 1. The molecule has 1 amide bonds. The van der Waals surface area contributed by atoms with Gasteiger partial charge < -0.3 is 9.84 Å². The summed E-state index contributed by atoms with van der Waals surface area (Å²) in [5.74, 6) is -1.29. The van der Waals surface area contributed by atoms with Crippen LogP contribution in [-0.4, -0.2) is 33.4 Å². The van der Waals surface area contributed by atoms with Gasteiger partial charge >= 0.3 is 5.97 Å². The van der Waals surface area contributed by atoms with Crippen LogP contribution < -0.4 is 0 Å². The van der Waals surface area contributed by atoms with Crippen LogP contribution in [0.3, 0.4) is 0 Å². The van der Waals surface area contributed by atoms with Gasteiger partial charge in [0, 0.05) is 5.41 Å². The quantitative estimate of drug-likeness (QED) is 0.604. The van der Waals surface area contributed by atoms with Crippen LogP contribution in [0.1, 0.15) is 12.8 Å². The highest BCUT2D eigenvalue weighted by atomic mass is 32.2. The predicted octanol–water partition coefficient (Wildman–Crippen LogP) is 1.45. The lowest BCUT2D eigenvalue weighted by molar-refractivity contribution is -0.141. The molecule has 18 heavy (non-hydrogen) atoms. The summed E-state index contributed by atoms with van der Waals surface area (Å²) in [7, 11) is 0. The Kier molecular flexibility index (Phi) is 2.66.